The first-order valence-corrected chi connectivity index (χ1v) is 5.83. The van der Waals surface area contributed by atoms with Crippen molar-refractivity contribution < 1.29 is 4.74 Å². The third kappa shape index (κ3) is 1.98. The van der Waals surface area contributed by atoms with E-state index in [-0.39, 0.29) is 0 Å². The van der Waals surface area contributed by atoms with E-state index in [1.54, 1.807) is 7.11 Å². The molecule has 3 heteroatoms. The Hall–Kier alpha value is -0.830. The van der Waals surface area contributed by atoms with Gasteiger partial charge in [-0.1, -0.05) is 6.92 Å². The number of thioether (sulfide) groups is 1. The van der Waals surface area contributed by atoms with Gasteiger partial charge in [-0.2, -0.15) is 0 Å². The summed E-state index contributed by atoms with van der Waals surface area (Å²) >= 11 is 1.90. The largest absolute Gasteiger partial charge is 0.497 e. The van der Waals surface area contributed by atoms with Crippen molar-refractivity contribution in [2.45, 2.75) is 11.8 Å². The van der Waals surface area contributed by atoms with Crippen LogP contribution in [0.1, 0.15) is 6.92 Å². The molecule has 1 heterocycles. The Balaban J connectivity index is 2.27. The number of rotatable bonds is 1. The lowest BCUT2D eigenvalue weighted by Gasteiger charge is -2.08. The minimum absolute atomic E-state index is 0.721. The number of fused-ring (bicyclic) bond motifs is 1. The number of anilines is 1. The second kappa shape index (κ2) is 4.13. The average Bonchev–Trinajstić information content (AvgIpc) is 2.40. The Bertz CT molecular complexity index is 327. The van der Waals surface area contributed by atoms with Gasteiger partial charge < -0.3 is 10.1 Å². The molecule has 0 aliphatic carbocycles. The van der Waals surface area contributed by atoms with Gasteiger partial charge in [-0.15, -0.1) is 11.8 Å². The maximum atomic E-state index is 5.21. The molecule has 0 saturated heterocycles. The maximum Gasteiger partial charge on any atom is 0.120 e. The number of nitrogens with one attached hydrogen (secondary N) is 1. The topological polar surface area (TPSA) is 21.3 Å². The van der Waals surface area contributed by atoms with E-state index >= 15 is 0 Å². The highest BCUT2D eigenvalue weighted by molar-refractivity contribution is 7.99. The van der Waals surface area contributed by atoms with Crippen LogP contribution in [0.5, 0.6) is 5.75 Å². The molecule has 0 saturated carbocycles. The normalized spacial score (nSPS) is 20.6. The summed E-state index contributed by atoms with van der Waals surface area (Å²) in [4.78, 5) is 1.30. The molecule has 14 heavy (non-hydrogen) atoms. The molecule has 0 fully saturated rings. The van der Waals surface area contributed by atoms with Crippen LogP contribution in [0.25, 0.3) is 0 Å². The summed E-state index contributed by atoms with van der Waals surface area (Å²) in [7, 11) is 1.71. The van der Waals surface area contributed by atoms with Gasteiger partial charge in [0.25, 0.3) is 0 Å². The van der Waals surface area contributed by atoms with Gasteiger partial charge in [0.2, 0.25) is 0 Å². The van der Waals surface area contributed by atoms with Crippen LogP contribution in [0.15, 0.2) is 23.1 Å². The number of hydrogen-bond donors (Lipinski definition) is 1. The molecule has 1 aromatic rings. The van der Waals surface area contributed by atoms with Gasteiger partial charge in [0.1, 0.15) is 5.75 Å². The van der Waals surface area contributed by atoms with Gasteiger partial charge in [0.15, 0.2) is 0 Å². The van der Waals surface area contributed by atoms with E-state index in [0.717, 1.165) is 18.2 Å². The molecule has 2 rings (SSSR count). The van der Waals surface area contributed by atoms with Crippen molar-refractivity contribution >= 4 is 17.4 Å². The summed E-state index contributed by atoms with van der Waals surface area (Å²) in [6.45, 7) is 3.33. The zero-order valence-electron chi connectivity index (χ0n) is 8.54. The van der Waals surface area contributed by atoms with Crippen LogP contribution >= 0.6 is 11.8 Å². The zero-order chi connectivity index (χ0) is 9.97. The van der Waals surface area contributed by atoms with Crippen LogP contribution in [-0.4, -0.2) is 19.4 Å². The summed E-state index contributed by atoms with van der Waals surface area (Å²) in [5.41, 5.74) is 1.24. The van der Waals surface area contributed by atoms with Crippen molar-refractivity contribution in [1.82, 2.24) is 0 Å². The monoisotopic (exact) mass is 209 g/mol. The smallest absolute Gasteiger partial charge is 0.120 e. The second-order valence-electron chi connectivity index (χ2n) is 3.66. The van der Waals surface area contributed by atoms with Gasteiger partial charge in [0.05, 0.1) is 7.11 Å². The Morgan fingerprint density at radius 2 is 2.36 bits per heavy atom. The Morgan fingerprint density at radius 3 is 3.14 bits per heavy atom. The molecular formula is C11H15NOS. The fourth-order valence-corrected chi connectivity index (χ4v) is 2.55. The van der Waals surface area contributed by atoms with E-state index in [1.165, 1.54) is 16.3 Å². The molecule has 1 unspecified atom stereocenters. The summed E-state index contributed by atoms with van der Waals surface area (Å²) in [5.74, 6) is 2.83. The first-order chi connectivity index (χ1) is 6.79. The van der Waals surface area contributed by atoms with Crippen molar-refractivity contribution in [3.05, 3.63) is 18.2 Å². The third-order valence-electron chi connectivity index (χ3n) is 2.35. The highest BCUT2D eigenvalue weighted by Crippen LogP contribution is 2.34. The van der Waals surface area contributed by atoms with Gasteiger partial charge in [-0.25, -0.2) is 0 Å². The standard InChI is InChI=1S/C11H15NOS/c1-8-6-12-10-4-3-9(13-2)5-11(10)14-7-8/h3-5,8,12H,6-7H2,1-2H3. The molecule has 0 amide bonds. The summed E-state index contributed by atoms with van der Waals surface area (Å²) in [6.07, 6.45) is 0. The number of hydrogen-bond acceptors (Lipinski definition) is 3. The molecule has 0 spiro atoms. The second-order valence-corrected chi connectivity index (χ2v) is 4.72. The van der Waals surface area contributed by atoms with Crippen LogP contribution < -0.4 is 10.1 Å². The van der Waals surface area contributed by atoms with Gasteiger partial charge in [-0.3, -0.25) is 0 Å². The van der Waals surface area contributed by atoms with Crippen LogP contribution in [0, 0.1) is 5.92 Å². The summed E-state index contributed by atoms with van der Waals surface area (Å²) in [6, 6.07) is 6.20. The highest BCUT2D eigenvalue weighted by atomic mass is 32.2. The predicted molar refractivity (Wildman–Crippen MR) is 61.4 cm³/mol. The van der Waals surface area contributed by atoms with Crippen LogP contribution in [0.4, 0.5) is 5.69 Å². The highest BCUT2D eigenvalue weighted by Gasteiger charge is 2.12. The molecule has 0 aromatic heterocycles. The predicted octanol–water partition coefficient (Wildman–Crippen LogP) is 2.85. The number of ether oxygens (including phenoxy) is 1. The fraction of sp³-hybridized carbons (Fsp3) is 0.455. The van der Waals surface area contributed by atoms with Crippen LogP contribution in [0.2, 0.25) is 0 Å². The van der Waals surface area contributed by atoms with Gasteiger partial charge >= 0.3 is 0 Å². The minimum Gasteiger partial charge on any atom is -0.497 e. The van der Waals surface area contributed by atoms with E-state index in [0.29, 0.717) is 0 Å². The third-order valence-corrected chi connectivity index (χ3v) is 3.74. The molecule has 1 aromatic carbocycles. The fourth-order valence-electron chi connectivity index (χ4n) is 1.47. The number of benzene rings is 1. The van der Waals surface area contributed by atoms with E-state index in [2.05, 4.69) is 24.4 Å². The molecule has 0 bridgehead atoms. The van der Waals surface area contributed by atoms with Gasteiger partial charge in [0, 0.05) is 22.9 Å². The lowest BCUT2D eigenvalue weighted by Crippen LogP contribution is -2.10. The van der Waals surface area contributed by atoms with Crippen molar-refractivity contribution in [3.63, 3.8) is 0 Å². The van der Waals surface area contributed by atoms with Crippen molar-refractivity contribution in [2.75, 3.05) is 24.7 Å². The van der Waals surface area contributed by atoms with Crippen molar-refractivity contribution in [1.29, 1.82) is 0 Å². The van der Waals surface area contributed by atoms with Gasteiger partial charge in [-0.05, 0) is 24.1 Å². The summed E-state index contributed by atoms with van der Waals surface area (Å²) in [5, 5.41) is 3.45. The minimum atomic E-state index is 0.721. The quantitative estimate of drug-likeness (QED) is 0.768. The molecule has 76 valence electrons. The first kappa shape index (κ1) is 9.71. The van der Waals surface area contributed by atoms with E-state index in [4.69, 9.17) is 4.74 Å². The Labute approximate surface area is 89.0 Å². The molecule has 1 aliphatic heterocycles. The lowest BCUT2D eigenvalue weighted by atomic mass is 10.2. The Morgan fingerprint density at radius 1 is 1.50 bits per heavy atom. The van der Waals surface area contributed by atoms with Crippen LogP contribution in [-0.2, 0) is 0 Å². The molecule has 0 radical (unpaired) electrons. The molecule has 1 N–H and O–H groups in total. The zero-order valence-corrected chi connectivity index (χ0v) is 9.36. The molecule has 2 nitrogen and oxygen atoms in total. The van der Waals surface area contributed by atoms with Crippen LogP contribution in [0.3, 0.4) is 0 Å². The number of methoxy groups -OCH3 is 1. The average molecular weight is 209 g/mol. The molecule has 1 aliphatic rings. The molecular weight excluding hydrogens is 194 g/mol. The summed E-state index contributed by atoms with van der Waals surface area (Å²) < 4.78 is 5.21. The Kier molecular flexibility index (Phi) is 2.87. The van der Waals surface area contributed by atoms with E-state index in [1.807, 2.05) is 17.8 Å². The lowest BCUT2D eigenvalue weighted by molar-refractivity contribution is 0.414. The maximum absolute atomic E-state index is 5.21. The molecule has 1 atom stereocenters. The van der Waals surface area contributed by atoms with Crippen molar-refractivity contribution in [2.24, 2.45) is 5.92 Å². The van der Waals surface area contributed by atoms with Crippen molar-refractivity contribution in [3.8, 4) is 5.75 Å². The van der Waals surface area contributed by atoms with E-state index < -0.39 is 0 Å². The SMILES string of the molecule is COc1ccc2c(c1)SCC(C)CN2. The van der Waals surface area contributed by atoms with E-state index in [9.17, 15) is 0 Å². The first-order valence-electron chi connectivity index (χ1n) is 4.84.